The number of hydrazine groups is 1. The van der Waals surface area contributed by atoms with Gasteiger partial charge in [0.15, 0.2) is 0 Å². The molecular weight excluding hydrogens is 518 g/mol. The van der Waals surface area contributed by atoms with Crippen molar-refractivity contribution in [1.29, 1.82) is 0 Å². The van der Waals surface area contributed by atoms with E-state index in [1.165, 1.54) is 5.56 Å². The van der Waals surface area contributed by atoms with Crippen LogP contribution in [0, 0.1) is 0 Å². The second-order valence-electron chi connectivity index (χ2n) is 11.9. The van der Waals surface area contributed by atoms with Crippen LogP contribution in [0.15, 0.2) is 82.7 Å². The number of anilines is 3. The summed E-state index contributed by atoms with van der Waals surface area (Å²) in [5, 5.41) is 10.7. The van der Waals surface area contributed by atoms with Crippen molar-refractivity contribution in [3.8, 4) is 0 Å². The van der Waals surface area contributed by atoms with Gasteiger partial charge in [-0.2, -0.15) is 0 Å². The number of nitrogens with two attached hydrogens (primary N) is 1. The lowest BCUT2D eigenvalue weighted by Crippen LogP contribution is -2.34. The van der Waals surface area contributed by atoms with Gasteiger partial charge in [0.1, 0.15) is 5.82 Å². The minimum Gasteiger partial charge on any atom is -0.388 e. The van der Waals surface area contributed by atoms with Gasteiger partial charge in [-0.05, 0) is 80.4 Å². The molecule has 0 radical (unpaired) electrons. The summed E-state index contributed by atoms with van der Waals surface area (Å²) in [6, 6.07) is 17.0. The fraction of sp³-hybridized carbons (Fsp3) is 0.371. The predicted molar refractivity (Wildman–Crippen MR) is 185 cm³/mol. The lowest BCUT2D eigenvalue weighted by atomic mass is 9.85. The Balaban J connectivity index is 1.93. The number of hydrogen-bond acceptors (Lipinski definition) is 7. The second-order valence-corrected chi connectivity index (χ2v) is 11.9. The molecule has 0 aliphatic heterocycles. The van der Waals surface area contributed by atoms with Crippen molar-refractivity contribution in [3.05, 3.63) is 89.4 Å². The van der Waals surface area contributed by atoms with Gasteiger partial charge in [0.2, 0.25) is 0 Å². The Kier molecular flexibility index (Phi) is 11.1. The number of nitrogens with one attached hydrogen (secondary N) is 2. The predicted octanol–water partition coefficient (Wildman–Crippen LogP) is 7.15. The molecule has 0 saturated heterocycles. The topological polar surface area (TPSA) is 81.3 Å². The maximum atomic E-state index is 6.76. The fourth-order valence-electron chi connectivity index (χ4n) is 4.95. The van der Waals surface area contributed by atoms with Gasteiger partial charge in [-0.3, -0.25) is 15.0 Å². The van der Waals surface area contributed by atoms with E-state index in [1.807, 2.05) is 40.2 Å². The van der Waals surface area contributed by atoms with Crippen LogP contribution in [0.3, 0.4) is 0 Å². The number of rotatable bonds is 13. The van der Waals surface area contributed by atoms with Crippen molar-refractivity contribution >= 4 is 40.3 Å². The van der Waals surface area contributed by atoms with Crippen LogP contribution in [-0.4, -0.2) is 51.6 Å². The van der Waals surface area contributed by atoms with E-state index in [4.69, 9.17) is 5.84 Å². The lowest BCUT2D eigenvalue weighted by Gasteiger charge is -2.29. The standard InChI is InChI=1S/C35H49N7/c1-11-29-33(38-8)22-27(35(4,5)6)23-34(29)42(36)25(3)40-32-17-16-26(30-14-12-13-15-31(30)32)21-28(37-7)20-24(2)39-18-19-41(9)10/h12-17,20,22-23,38,40H,3,7,11,18-19,21,36H2,1-2,4-6,8-10H3/b28-20-,39-24?. The Morgan fingerprint density at radius 2 is 1.74 bits per heavy atom. The van der Waals surface area contributed by atoms with Crippen molar-refractivity contribution in [2.24, 2.45) is 15.8 Å². The van der Waals surface area contributed by atoms with Gasteiger partial charge in [0.25, 0.3) is 0 Å². The first-order valence-electron chi connectivity index (χ1n) is 14.6. The molecule has 0 aromatic heterocycles. The maximum Gasteiger partial charge on any atom is 0.117 e. The van der Waals surface area contributed by atoms with E-state index in [0.29, 0.717) is 12.2 Å². The highest BCUT2D eigenvalue weighted by Crippen LogP contribution is 2.36. The lowest BCUT2D eigenvalue weighted by molar-refractivity contribution is 0.420. The minimum atomic E-state index is -0.0293. The van der Waals surface area contributed by atoms with Crippen molar-refractivity contribution in [2.75, 3.05) is 49.9 Å². The van der Waals surface area contributed by atoms with Crippen LogP contribution < -0.4 is 21.5 Å². The van der Waals surface area contributed by atoms with Gasteiger partial charge in [0.05, 0.1) is 12.2 Å². The average molecular weight is 568 g/mol. The Morgan fingerprint density at radius 3 is 2.33 bits per heavy atom. The van der Waals surface area contributed by atoms with Gasteiger partial charge in [-0.15, -0.1) is 0 Å². The highest BCUT2D eigenvalue weighted by Gasteiger charge is 2.21. The molecule has 0 fully saturated rings. The SMILES string of the molecule is C=N/C(=C\C(C)=NCCN(C)C)Cc1ccc(NC(=C)N(N)c2cc(C(C)(C)C)cc(NC)c2CC)c2ccccc12. The minimum absolute atomic E-state index is 0.0293. The molecule has 0 atom stereocenters. The highest BCUT2D eigenvalue weighted by atomic mass is 15.5. The normalized spacial score (nSPS) is 12.5. The summed E-state index contributed by atoms with van der Waals surface area (Å²) in [5.74, 6) is 7.35. The third kappa shape index (κ3) is 8.08. The van der Waals surface area contributed by atoms with Crippen LogP contribution in [0.25, 0.3) is 10.8 Å². The largest absolute Gasteiger partial charge is 0.388 e. The molecule has 0 heterocycles. The Morgan fingerprint density at radius 1 is 1.05 bits per heavy atom. The van der Waals surface area contributed by atoms with Crippen molar-refractivity contribution in [3.63, 3.8) is 0 Å². The molecule has 224 valence electrons. The Hall–Kier alpha value is -3.94. The van der Waals surface area contributed by atoms with Gasteiger partial charge in [0, 0.05) is 53.7 Å². The van der Waals surface area contributed by atoms with Crippen LogP contribution in [-0.2, 0) is 18.3 Å². The Labute approximate surface area is 252 Å². The first kappa shape index (κ1) is 32.6. The van der Waals surface area contributed by atoms with Crippen molar-refractivity contribution in [2.45, 2.75) is 52.9 Å². The Bertz CT molecular complexity index is 1470. The van der Waals surface area contributed by atoms with Crippen LogP contribution in [0.1, 0.15) is 51.3 Å². The summed E-state index contributed by atoms with van der Waals surface area (Å²) in [6.07, 6.45) is 3.51. The van der Waals surface area contributed by atoms with Crippen LogP contribution in [0.2, 0.25) is 0 Å². The van der Waals surface area contributed by atoms with Gasteiger partial charge < -0.3 is 15.5 Å². The zero-order valence-corrected chi connectivity index (χ0v) is 26.8. The summed E-state index contributed by atoms with van der Waals surface area (Å²) in [7, 11) is 6.05. The van der Waals surface area contributed by atoms with E-state index >= 15 is 0 Å². The zero-order chi connectivity index (χ0) is 31.0. The average Bonchev–Trinajstić information content (AvgIpc) is 2.95. The molecule has 7 nitrogen and oxygen atoms in total. The number of benzene rings is 3. The van der Waals surface area contributed by atoms with E-state index in [9.17, 15) is 0 Å². The molecule has 0 aliphatic carbocycles. The van der Waals surface area contributed by atoms with Crippen molar-refractivity contribution < 1.29 is 0 Å². The van der Waals surface area contributed by atoms with Gasteiger partial charge in [-0.1, -0.05) is 64.6 Å². The fourth-order valence-corrected chi connectivity index (χ4v) is 4.95. The number of fused-ring (bicyclic) bond motifs is 1. The number of hydrogen-bond donors (Lipinski definition) is 3. The number of allylic oxidation sites excluding steroid dienone is 2. The van der Waals surface area contributed by atoms with Crippen molar-refractivity contribution in [1.82, 2.24) is 4.90 Å². The summed E-state index contributed by atoms with van der Waals surface area (Å²) < 4.78 is 0. The molecule has 3 rings (SSSR count). The quantitative estimate of drug-likeness (QED) is 0.116. The molecule has 7 heteroatoms. The zero-order valence-electron chi connectivity index (χ0n) is 26.8. The third-order valence-corrected chi connectivity index (χ3v) is 7.42. The van der Waals surface area contributed by atoms with Gasteiger partial charge >= 0.3 is 0 Å². The summed E-state index contributed by atoms with van der Waals surface area (Å²) in [6.45, 7) is 20.6. The highest BCUT2D eigenvalue weighted by molar-refractivity contribution is 5.97. The molecule has 0 spiro atoms. The molecule has 4 N–H and O–H groups in total. The van der Waals surface area contributed by atoms with Crippen LogP contribution >= 0.6 is 0 Å². The molecule has 0 unspecified atom stereocenters. The smallest absolute Gasteiger partial charge is 0.117 e. The molecular formula is C35H49N7. The molecule has 0 bridgehead atoms. The second kappa shape index (κ2) is 14.3. The van der Waals surface area contributed by atoms with E-state index in [-0.39, 0.29) is 5.41 Å². The number of likely N-dealkylation sites (N-methyl/N-ethyl adjacent to an activating group) is 1. The molecule has 0 saturated carbocycles. The van der Waals surface area contributed by atoms with E-state index in [2.05, 4.69) is 109 Å². The van der Waals surface area contributed by atoms with E-state index in [1.54, 1.807) is 5.01 Å². The van der Waals surface area contributed by atoms with Crippen LogP contribution in [0.5, 0.6) is 0 Å². The van der Waals surface area contributed by atoms with E-state index in [0.717, 1.165) is 69.9 Å². The molecule has 0 amide bonds. The maximum absolute atomic E-state index is 6.76. The monoisotopic (exact) mass is 567 g/mol. The molecule has 42 heavy (non-hydrogen) atoms. The number of nitrogens with zero attached hydrogens (tertiary/aromatic N) is 4. The van der Waals surface area contributed by atoms with E-state index < -0.39 is 0 Å². The van der Waals surface area contributed by atoms with Gasteiger partial charge in [-0.25, -0.2) is 5.84 Å². The molecule has 0 aliphatic rings. The molecule has 3 aromatic rings. The first-order chi connectivity index (χ1) is 19.9. The third-order valence-electron chi connectivity index (χ3n) is 7.42. The summed E-state index contributed by atoms with van der Waals surface area (Å²) in [5.41, 5.74) is 8.27. The molecule has 3 aromatic carbocycles. The number of aliphatic imine (C=N–C) groups is 2. The first-order valence-corrected chi connectivity index (χ1v) is 14.6. The summed E-state index contributed by atoms with van der Waals surface area (Å²) in [4.78, 5) is 11.1. The summed E-state index contributed by atoms with van der Waals surface area (Å²) >= 11 is 0. The van der Waals surface area contributed by atoms with Crippen LogP contribution in [0.4, 0.5) is 17.1 Å².